The van der Waals surface area contributed by atoms with Crippen molar-refractivity contribution in [2.75, 3.05) is 6.61 Å². The maximum absolute atomic E-state index is 11.4. The van der Waals surface area contributed by atoms with Gasteiger partial charge in [-0.05, 0) is 31.0 Å². The second-order valence-electron chi connectivity index (χ2n) is 3.20. The molecule has 1 aromatic rings. The molecule has 0 unspecified atom stereocenters. The van der Waals surface area contributed by atoms with Crippen LogP contribution in [0.3, 0.4) is 0 Å². The molecule has 3 heteroatoms. The SMILES string of the molecule is CCOC(=O)c1ccc(CC#N)cc1C. The van der Waals surface area contributed by atoms with Gasteiger partial charge in [-0.2, -0.15) is 5.26 Å². The number of ether oxygens (including phenoxy) is 1. The Morgan fingerprint density at radius 1 is 1.53 bits per heavy atom. The summed E-state index contributed by atoms with van der Waals surface area (Å²) in [6, 6.07) is 7.40. The van der Waals surface area contributed by atoms with Crippen LogP contribution in [-0.2, 0) is 11.2 Å². The molecule has 0 atom stereocenters. The van der Waals surface area contributed by atoms with Crippen LogP contribution in [0.25, 0.3) is 0 Å². The summed E-state index contributed by atoms with van der Waals surface area (Å²) in [5, 5.41) is 8.53. The van der Waals surface area contributed by atoms with Crippen molar-refractivity contribution >= 4 is 5.97 Å². The first-order valence-corrected chi connectivity index (χ1v) is 4.82. The van der Waals surface area contributed by atoms with Gasteiger partial charge in [-0.25, -0.2) is 4.79 Å². The summed E-state index contributed by atoms with van der Waals surface area (Å²) < 4.78 is 4.90. The Labute approximate surface area is 89.3 Å². The molecule has 1 rings (SSSR count). The van der Waals surface area contributed by atoms with E-state index in [9.17, 15) is 4.79 Å². The lowest BCUT2D eigenvalue weighted by molar-refractivity contribution is 0.0525. The van der Waals surface area contributed by atoms with Crippen LogP contribution in [0.4, 0.5) is 0 Å². The fraction of sp³-hybridized carbons (Fsp3) is 0.333. The summed E-state index contributed by atoms with van der Waals surface area (Å²) in [5.41, 5.74) is 2.34. The molecule has 0 saturated heterocycles. The van der Waals surface area contributed by atoms with Crippen LogP contribution in [0, 0.1) is 18.3 Å². The molecule has 0 spiro atoms. The second-order valence-corrected chi connectivity index (χ2v) is 3.20. The first-order valence-electron chi connectivity index (χ1n) is 4.82. The lowest BCUT2D eigenvalue weighted by Crippen LogP contribution is -2.06. The summed E-state index contributed by atoms with van der Waals surface area (Å²) in [5.74, 6) is -0.307. The standard InChI is InChI=1S/C12H13NO2/c1-3-15-12(14)11-5-4-10(6-7-13)8-9(11)2/h4-5,8H,3,6H2,1-2H3. The fourth-order valence-corrected chi connectivity index (χ4v) is 1.36. The fourth-order valence-electron chi connectivity index (χ4n) is 1.36. The van der Waals surface area contributed by atoms with Gasteiger partial charge in [0, 0.05) is 0 Å². The van der Waals surface area contributed by atoms with Gasteiger partial charge >= 0.3 is 5.97 Å². The Bertz CT molecular complexity index is 405. The second kappa shape index (κ2) is 5.16. The molecule has 1 aromatic carbocycles. The molecular formula is C12H13NO2. The van der Waals surface area contributed by atoms with Gasteiger partial charge in [-0.3, -0.25) is 0 Å². The number of aryl methyl sites for hydroxylation is 1. The Morgan fingerprint density at radius 2 is 2.27 bits per heavy atom. The molecule has 0 amide bonds. The van der Waals surface area contributed by atoms with Gasteiger partial charge in [0.25, 0.3) is 0 Å². The van der Waals surface area contributed by atoms with E-state index < -0.39 is 0 Å². The van der Waals surface area contributed by atoms with E-state index in [-0.39, 0.29) is 5.97 Å². The minimum absolute atomic E-state index is 0.307. The van der Waals surface area contributed by atoms with E-state index in [1.165, 1.54) is 0 Å². The highest BCUT2D eigenvalue weighted by molar-refractivity contribution is 5.91. The van der Waals surface area contributed by atoms with E-state index in [0.29, 0.717) is 18.6 Å². The van der Waals surface area contributed by atoms with E-state index in [0.717, 1.165) is 11.1 Å². The van der Waals surface area contributed by atoms with Crippen molar-refractivity contribution in [3.63, 3.8) is 0 Å². The number of benzene rings is 1. The van der Waals surface area contributed by atoms with Gasteiger partial charge in [-0.1, -0.05) is 12.1 Å². The van der Waals surface area contributed by atoms with Gasteiger partial charge in [0.1, 0.15) is 0 Å². The number of nitrogens with zero attached hydrogens (tertiary/aromatic N) is 1. The zero-order valence-electron chi connectivity index (χ0n) is 8.91. The predicted octanol–water partition coefficient (Wildman–Crippen LogP) is 2.24. The third-order valence-corrected chi connectivity index (χ3v) is 2.07. The Morgan fingerprint density at radius 3 is 2.80 bits per heavy atom. The zero-order valence-corrected chi connectivity index (χ0v) is 8.91. The first kappa shape index (κ1) is 11.3. The molecule has 0 aliphatic carbocycles. The van der Waals surface area contributed by atoms with E-state index in [2.05, 4.69) is 6.07 Å². The molecule has 0 saturated carbocycles. The van der Waals surface area contributed by atoms with Crippen molar-refractivity contribution < 1.29 is 9.53 Å². The number of esters is 1. The highest BCUT2D eigenvalue weighted by Gasteiger charge is 2.09. The summed E-state index contributed by atoms with van der Waals surface area (Å²) >= 11 is 0. The minimum Gasteiger partial charge on any atom is -0.462 e. The van der Waals surface area contributed by atoms with Gasteiger partial charge in [0.05, 0.1) is 24.7 Å². The Balaban J connectivity index is 2.93. The summed E-state index contributed by atoms with van der Waals surface area (Å²) in [4.78, 5) is 11.4. The summed E-state index contributed by atoms with van der Waals surface area (Å²) in [7, 11) is 0. The predicted molar refractivity (Wildman–Crippen MR) is 56.5 cm³/mol. The lowest BCUT2D eigenvalue weighted by Gasteiger charge is -2.06. The van der Waals surface area contributed by atoms with Crippen LogP contribution in [0.2, 0.25) is 0 Å². The third kappa shape index (κ3) is 2.81. The Kier molecular flexibility index (Phi) is 3.87. The van der Waals surface area contributed by atoms with Crippen LogP contribution >= 0.6 is 0 Å². The van der Waals surface area contributed by atoms with Crippen molar-refractivity contribution in [2.24, 2.45) is 0 Å². The molecule has 0 fully saturated rings. The van der Waals surface area contributed by atoms with E-state index >= 15 is 0 Å². The average Bonchev–Trinajstić information content (AvgIpc) is 2.18. The maximum atomic E-state index is 11.4. The van der Waals surface area contributed by atoms with Gasteiger partial charge in [-0.15, -0.1) is 0 Å². The van der Waals surface area contributed by atoms with Gasteiger partial charge in [0.15, 0.2) is 0 Å². The molecule has 0 aliphatic rings. The quantitative estimate of drug-likeness (QED) is 0.708. The highest BCUT2D eigenvalue weighted by Crippen LogP contribution is 2.12. The van der Waals surface area contributed by atoms with Crippen molar-refractivity contribution in [2.45, 2.75) is 20.3 Å². The molecule has 0 radical (unpaired) electrons. The molecule has 3 nitrogen and oxygen atoms in total. The maximum Gasteiger partial charge on any atom is 0.338 e. The van der Waals surface area contributed by atoms with E-state index in [1.54, 1.807) is 19.1 Å². The van der Waals surface area contributed by atoms with Crippen LogP contribution in [-0.4, -0.2) is 12.6 Å². The number of hydrogen-bond donors (Lipinski definition) is 0. The van der Waals surface area contributed by atoms with Crippen molar-refractivity contribution in [1.29, 1.82) is 5.26 Å². The van der Waals surface area contributed by atoms with Gasteiger partial charge in [0.2, 0.25) is 0 Å². The first-order chi connectivity index (χ1) is 7.19. The molecular weight excluding hydrogens is 190 g/mol. The van der Waals surface area contributed by atoms with Crippen molar-refractivity contribution in [3.8, 4) is 6.07 Å². The minimum atomic E-state index is -0.307. The summed E-state index contributed by atoms with van der Waals surface area (Å²) in [6.45, 7) is 3.99. The molecule has 0 N–H and O–H groups in total. The van der Waals surface area contributed by atoms with Crippen molar-refractivity contribution in [3.05, 3.63) is 34.9 Å². The number of nitriles is 1. The normalized spacial score (nSPS) is 9.40. The number of carbonyl (C=O) groups is 1. The van der Waals surface area contributed by atoms with E-state index in [4.69, 9.17) is 10.00 Å². The van der Waals surface area contributed by atoms with Gasteiger partial charge < -0.3 is 4.74 Å². The number of carbonyl (C=O) groups excluding carboxylic acids is 1. The molecule has 15 heavy (non-hydrogen) atoms. The van der Waals surface area contributed by atoms with Crippen LogP contribution < -0.4 is 0 Å². The number of rotatable bonds is 3. The zero-order chi connectivity index (χ0) is 11.3. The monoisotopic (exact) mass is 203 g/mol. The summed E-state index contributed by atoms with van der Waals surface area (Å²) in [6.07, 6.45) is 0.365. The van der Waals surface area contributed by atoms with Crippen LogP contribution in [0.5, 0.6) is 0 Å². The number of hydrogen-bond acceptors (Lipinski definition) is 3. The highest BCUT2D eigenvalue weighted by atomic mass is 16.5. The molecule has 0 aliphatic heterocycles. The molecule has 0 heterocycles. The lowest BCUT2D eigenvalue weighted by atomic mass is 10.0. The van der Waals surface area contributed by atoms with Crippen LogP contribution in [0.1, 0.15) is 28.4 Å². The molecule has 0 bridgehead atoms. The third-order valence-electron chi connectivity index (χ3n) is 2.07. The smallest absolute Gasteiger partial charge is 0.338 e. The topological polar surface area (TPSA) is 50.1 Å². The van der Waals surface area contributed by atoms with Crippen molar-refractivity contribution in [1.82, 2.24) is 0 Å². The largest absolute Gasteiger partial charge is 0.462 e. The molecule has 0 aromatic heterocycles. The molecule has 78 valence electrons. The van der Waals surface area contributed by atoms with E-state index in [1.807, 2.05) is 13.0 Å². The Hall–Kier alpha value is -1.82. The average molecular weight is 203 g/mol. The van der Waals surface area contributed by atoms with Crippen LogP contribution in [0.15, 0.2) is 18.2 Å².